The molecule has 2 nitrogen and oxygen atoms in total. The van der Waals surface area contributed by atoms with Gasteiger partial charge in [-0.05, 0) is 40.5 Å². The van der Waals surface area contributed by atoms with Crippen LogP contribution in [0, 0.1) is 5.92 Å². The van der Waals surface area contributed by atoms with Gasteiger partial charge >= 0.3 is 6.18 Å². The summed E-state index contributed by atoms with van der Waals surface area (Å²) in [5, 5.41) is 1.76. The molecule has 0 bridgehead atoms. The molecule has 0 fully saturated rings. The van der Waals surface area contributed by atoms with Gasteiger partial charge in [-0.15, -0.1) is 0 Å². The molecule has 0 aromatic heterocycles. The molecule has 2 aromatic rings. The van der Waals surface area contributed by atoms with E-state index in [0.717, 1.165) is 16.3 Å². The average molecular weight is 297 g/mol. The van der Waals surface area contributed by atoms with E-state index in [0.29, 0.717) is 5.92 Å². The van der Waals surface area contributed by atoms with Crippen molar-refractivity contribution in [3.8, 4) is 5.75 Å². The zero-order chi connectivity index (χ0) is 15.6. The molecule has 114 valence electrons. The molecule has 0 aliphatic carbocycles. The van der Waals surface area contributed by atoms with Gasteiger partial charge in [-0.2, -0.15) is 13.2 Å². The summed E-state index contributed by atoms with van der Waals surface area (Å²) in [5.74, 6) is 0.526. The van der Waals surface area contributed by atoms with Crippen molar-refractivity contribution in [2.75, 3.05) is 6.61 Å². The normalized spacial score (nSPS) is 13.7. The number of ether oxygens (including phenoxy) is 1. The number of alkyl halides is 3. The maximum Gasteiger partial charge on any atom is 0.422 e. The van der Waals surface area contributed by atoms with E-state index >= 15 is 0 Å². The van der Waals surface area contributed by atoms with Gasteiger partial charge in [0.15, 0.2) is 6.61 Å². The molecule has 0 radical (unpaired) electrons. The van der Waals surface area contributed by atoms with Gasteiger partial charge in [0.25, 0.3) is 0 Å². The molecule has 0 heterocycles. The Bertz CT molecular complexity index is 622. The van der Waals surface area contributed by atoms with E-state index in [9.17, 15) is 13.2 Å². The third-order valence-corrected chi connectivity index (χ3v) is 3.34. The number of fused-ring (bicyclic) bond motifs is 1. The molecule has 0 saturated carbocycles. The highest BCUT2D eigenvalue weighted by Crippen LogP contribution is 2.27. The Kier molecular flexibility index (Phi) is 4.42. The Morgan fingerprint density at radius 1 is 1.05 bits per heavy atom. The van der Waals surface area contributed by atoms with Gasteiger partial charge in [-0.3, -0.25) is 0 Å². The Labute approximate surface area is 121 Å². The lowest BCUT2D eigenvalue weighted by Crippen LogP contribution is -2.19. The fraction of sp³-hybridized carbons (Fsp3) is 0.375. The van der Waals surface area contributed by atoms with E-state index in [1.807, 2.05) is 32.0 Å². The summed E-state index contributed by atoms with van der Waals surface area (Å²) in [6, 6.07) is 10.6. The van der Waals surface area contributed by atoms with Crippen LogP contribution >= 0.6 is 0 Å². The van der Waals surface area contributed by atoms with Crippen molar-refractivity contribution in [1.29, 1.82) is 0 Å². The molecule has 1 unspecified atom stereocenters. The predicted molar refractivity (Wildman–Crippen MR) is 77.3 cm³/mol. The van der Waals surface area contributed by atoms with E-state index < -0.39 is 12.8 Å². The zero-order valence-corrected chi connectivity index (χ0v) is 11.9. The van der Waals surface area contributed by atoms with Crippen LogP contribution in [-0.2, 0) is 0 Å². The largest absolute Gasteiger partial charge is 0.484 e. The van der Waals surface area contributed by atoms with Crippen LogP contribution in [0.2, 0.25) is 0 Å². The Morgan fingerprint density at radius 2 is 1.67 bits per heavy atom. The summed E-state index contributed by atoms with van der Waals surface area (Å²) >= 11 is 0. The molecule has 0 amide bonds. The van der Waals surface area contributed by atoms with Crippen LogP contribution < -0.4 is 10.5 Å². The Morgan fingerprint density at radius 3 is 2.29 bits per heavy atom. The minimum absolute atomic E-state index is 0.0597. The number of nitrogens with two attached hydrogens (primary N) is 1. The maximum absolute atomic E-state index is 12.1. The van der Waals surface area contributed by atoms with Crippen LogP contribution in [-0.4, -0.2) is 12.8 Å². The lowest BCUT2D eigenvalue weighted by molar-refractivity contribution is -0.153. The number of benzene rings is 2. The van der Waals surface area contributed by atoms with Crippen LogP contribution in [0.15, 0.2) is 36.4 Å². The SMILES string of the molecule is CC(C)C(N)c1ccc2cc(OCC(F)(F)F)ccc2c1. The number of hydrogen-bond acceptors (Lipinski definition) is 2. The van der Waals surface area contributed by atoms with Crippen molar-refractivity contribution in [3.05, 3.63) is 42.0 Å². The van der Waals surface area contributed by atoms with Crippen molar-refractivity contribution in [2.24, 2.45) is 11.7 Å². The van der Waals surface area contributed by atoms with E-state index in [1.165, 1.54) is 0 Å². The number of hydrogen-bond donors (Lipinski definition) is 1. The minimum Gasteiger partial charge on any atom is -0.484 e. The second-order valence-corrected chi connectivity index (χ2v) is 5.44. The van der Waals surface area contributed by atoms with Crippen LogP contribution in [0.4, 0.5) is 13.2 Å². The molecular formula is C16H18F3NO. The molecule has 1 atom stereocenters. The predicted octanol–water partition coefficient (Wildman–Crippen LogP) is 4.44. The summed E-state index contributed by atoms with van der Waals surface area (Å²) in [4.78, 5) is 0. The van der Waals surface area contributed by atoms with Crippen molar-refractivity contribution in [3.63, 3.8) is 0 Å². The van der Waals surface area contributed by atoms with Gasteiger partial charge in [0.2, 0.25) is 0 Å². The van der Waals surface area contributed by atoms with E-state index in [1.54, 1.807) is 18.2 Å². The molecule has 2 aromatic carbocycles. The minimum atomic E-state index is -4.33. The monoisotopic (exact) mass is 297 g/mol. The van der Waals surface area contributed by atoms with Crippen molar-refractivity contribution < 1.29 is 17.9 Å². The zero-order valence-electron chi connectivity index (χ0n) is 11.9. The van der Waals surface area contributed by atoms with Crippen molar-refractivity contribution >= 4 is 10.8 Å². The Balaban J connectivity index is 2.23. The Hall–Kier alpha value is -1.75. The van der Waals surface area contributed by atoms with Crippen molar-refractivity contribution in [2.45, 2.75) is 26.1 Å². The lowest BCUT2D eigenvalue weighted by atomic mass is 9.95. The first-order chi connectivity index (χ1) is 9.76. The first-order valence-electron chi connectivity index (χ1n) is 6.75. The second kappa shape index (κ2) is 5.93. The molecule has 0 aliphatic rings. The standard InChI is InChI=1S/C16H18F3NO/c1-10(2)15(20)13-4-3-12-8-14(6-5-11(12)7-13)21-9-16(17,18)19/h3-8,10,15H,9,20H2,1-2H3. The molecule has 21 heavy (non-hydrogen) atoms. The highest BCUT2D eigenvalue weighted by atomic mass is 19.4. The molecule has 5 heteroatoms. The maximum atomic E-state index is 12.1. The topological polar surface area (TPSA) is 35.2 Å². The molecule has 2 N–H and O–H groups in total. The van der Waals surface area contributed by atoms with Gasteiger partial charge in [-0.1, -0.05) is 32.0 Å². The first kappa shape index (κ1) is 15.6. The molecular weight excluding hydrogens is 279 g/mol. The van der Waals surface area contributed by atoms with Crippen LogP contribution in [0.3, 0.4) is 0 Å². The van der Waals surface area contributed by atoms with Gasteiger partial charge < -0.3 is 10.5 Å². The smallest absolute Gasteiger partial charge is 0.422 e. The third-order valence-electron chi connectivity index (χ3n) is 3.34. The van der Waals surface area contributed by atoms with Crippen LogP contribution in [0.1, 0.15) is 25.5 Å². The second-order valence-electron chi connectivity index (χ2n) is 5.44. The third kappa shape index (κ3) is 4.11. The van der Waals surface area contributed by atoms with Crippen LogP contribution in [0.5, 0.6) is 5.75 Å². The molecule has 0 spiro atoms. The lowest BCUT2D eigenvalue weighted by Gasteiger charge is -2.17. The van der Waals surface area contributed by atoms with Gasteiger partial charge in [0.1, 0.15) is 5.75 Å². The fourth-order valence-corrected chi connectivity index (χ4v) is 2.09. The van der Waals surface area contributed by atoms with E-state index in [-0.39, 0.29) is 11.8 Å². The number of halogens is 3. The van der Waals surface area contributed by atoms with Gasteiger partial charge in [-0.25, -0.2) is 0 Å². The average Bonchev–Trinajstić information content (AvgIpc) is 2.42. The first-order valence-corrected chi connectivity index (χ1v) is 6.75. The fourth-order valence-electron chi connectivity index (χ4n) is 2.09. The number of rotatable bonds is 4. The summed E-state index contributed by atoms with van der Waals surface area (Å²) in [7, 11) is 0. The van der Waals surface area contributed by atoms with E-state index in [4.69, 9.17) is 10.5 Å². The summed E-state index contributed by atoms with van der Waals surface area (Å²) in [6.07, 6.45) is -4.33. The van der Waals surface area contributed by atoms with E-state index in [2.05, 4.69) is 0 Å². The molecule has 2 rings (SSSR count). The summed E-state index contributed by atoms with van der Waals surface area (Å²) < 4.78 is 41.1. The summed E-state index contributed by atoms with van der Waals surface area (Å²) in [6.45, 7) is 2.81. The molecule has 0 saturated heterocycles. The molecule has 0 aliphatic heterocycles. The highest BCUT2D eigenvalue weighted by molar-refractivity contribution is 5.84. The summed E-state index contributed by atoms with van der Waals surface area (Å²) in [5.41, 5.74) is 7.12. The quantitative estimate of drug-likeness (QED) is 0.905. The van der Waals surface area contributed by atoms with Gasteiger partial charge in [0.05, 0.1) is 0 Å². The van der Waals surface area contributed by atoms with Gasteiger partial charge in [0, 0.05) is 6.04 Å². The van der Waals surface area contributed by atoms with Crippen LogP contribution in [0.25, 0.3) is 10.8 Å². The highest BCUT2D eigenvalue weighted by Gasteiger charge is 2.28. The van der Waals surface area contributed by atoms with Crippen molar-refractivity contribution in [1.82, 2.24) is 0 Å².